The highest BCUT2D eigenvalue weighted by Gasteiger charge is 2.11. The van der Waals surface area contributed by atoms with Crippen molar-refractivity contribution >= 4 is 0 Å². The van der Waals surface area contributed by atoms with Crippen LogP contribution in [0.15, 0.2) is 30.3 Å². The van der Waals surface area contributed by atoms with Crippen molar-refractivity contribution in [1.82, 2.24) is 5.32 Å². The molecule has 0 saturated carbocycles. The molecule has 3 nitrogen and oxygen atoms in total. The second-order valence-electron chi connectivity index (χ2n) is 4.27. The van der Waals surface area contributed by atoms with Crippen LogP contribution in [0.25, 0.3) is 0 Å². The Labute approximate surface area is 103 Å². The summed E-state index contributed by atoms with van der Waals surface area (Å²) >= 11 is 0. The molecule has 1 aromatic carbocycles. The molecule has 1 aromatic rings. The summed E-state index contributed by atoms with van der Waals surface area (Å²) < 4.78 is 0. The maximum atomic E-state index is 9.14. The lowest BCUT2D eigenvalue weighted by atomic mass is 10.0. The van der Waals surface area contributed by atoms with Crippen LogP contribution in [0.4, 0.5) is 0 Å². The first-order chi connectivity index (χ1) is 8.27. The highest BCUT2D eigenvalue weighted by Crippen LogP contribution is 2.13. The molecule has 0 aliphatic heterocycles. The average molecular weight is 232 g/mol. The molecule has 0 fully saturated rings. The molecule has 92 valence electrons. The summed E-state index contributed by atoms with van der Waals surface area (Å²) in [7, 11) is 0. The number of hydrogen-bond donors (Lipinski definition) is 2. The number of aliphatic hydroxyl groups is 1. The zero-order valence-corrected chi connectivity index (χ0v) is 10.3. The first kappa shape index (κ1) is 13.7. The van der Waals surface area contributed by atoms with Gasteiger partial charge in [0.1, 0.15) is 0 Å². The maximum Gasteiger partial charge on any atom is 0.0837 e. The zero-order valence-electron chi connectivity index (χ0n) is 10.3. The zero-order chi connectivity index (χ0) is 12.5. The number of hydrogen-bond acceptors (Lipinski definition) is 3. The van der Waals surface area contributed by atoms with Crippen LogP contribution in [0, 0.1) is 11.3 Å². The number of rotatable bonds is 7. The third-order valence-electron chi connectivity index (χ3n) is 2.82. The van der Waals surface area contributed by atoms with Gasteiger partial charge >= 0.3 is 0 Å². The lowest BCUT2D eigenvalue weighted by Crippen LogP contribution is -2.30. The van der Waals surface area contributed by atoms with E-state index in [1.807, 2.05) is 30.3 Å². The van der Waals surface area contributed by atoms with E-state index in [2.05, 4.69) is 18.3 Å². The van der Waals surface area contributed by atoms with Crippen LogP contribution in [0.1, 0.15) is 31.2 Å². The minimum atomic E-state index is -0.104. The summed E-state index contributed by atoms with van der Waals surface area (Å²) in [5.74, 6) is -0.104. The molecule has 0 bridgehead atoms. The van der Waals surface area contributed by atoms with E-state index in [1.165, 1.54) is 0 Å². The van der Waals surface area contributed by atoms with Gasteiger partial charge in [0, 0.05) is 19.2 Å². The molecule has 17 heavy (non-hydrogen) atoms. The minimum absolute atomic E-state index is 0.104. The molecular weight excluding hydrogens is 212 g/mol. The van der Waals surface area contributed by atoms with Gasteiger partial charge in [0.15, 0.2) is 0 Å². The maximum absolute atomic E-state index is 9.14. The summed E-state index contributed by atoms with van der Waals surface area (Å²) in [6.07, 6.45) is 1.74. The quantitative estimate of drug-likeness (QED) is 0.756. The average Bonchev–Trinajstić information content (AvgIpc) is 2.38. The van der Waals surface area contributed by atoms with Crippen LogP contribution in [0.5, 0.6) is 0 Å². The molecule has 2 unspecified atom stereocenters. The Kier molecular flexibility index (Phi) is 6.31. The minimum Gasteiger partial charge on any atom is -0.396 e. The van der Waals surface area contributed by atoms with E-state index in [9.17, 15) is 0 Å². The topological polar surface area (TPSA) is 56.0 Å². The summed E-state index contributed by atoms with van der Waals surface area (Å²) in [5.41, 5.74) is 1.05. The van der Waals surface area contributed by atoms with Gasteiger partial charge in [-0.2, -0.15) is 5.26 Å². The van der Waals surface area contributed by atoms with Crippen molar-refractivity contribution < 1.29 is 5.11 Å². The van der Waals surface area contributed by atoms with Crippen molar-refractivity contribution in [3.63, 3.8) is 0 Å². The molecule has 0 saturated heterocycles. The Morgan fingerprint density at radius 1 is 1.35 bits per heavy atom. The van der Waals surface area contributed by atoms with Crippen LogP contribution in [0.2, 0.25) is 0 Å². The standard InChI is InChI=1S/C14H20N2O/c1-12(6-5-9-17)16-11-14(10-15)13-7-3-2-4-8-13/h2-4,7-8,12,14,16-17H,5-6,9,11H2,1H3. The van der Waals surface area contributed by atoms with Gasteiger partial charge in [0.2, 0.25) is 0 Å². The van der Waals surface area contributed by atoms with Gasteiger partial charge in [-0.1, -0.05) is 30.3 Å². The van der Waals surface area contributed by atoms with Crippen molar-refractivity contribution in [1.29, 1.82) is 5.26 Å². The molecule has 3 heteroatoms. The predicted octanol–water partition coefficient (Wildman–Crippen LogP) is 2.04. The highest BCUT2D eigenvalue weighted by molar-refractivity contribution is 5.25. The lowest BCUT2D eigenvalue weighted by Gasteiger charge is -2.16. The molecule has 0 heterocycles. The Bertz CT molecular complexity index is 345. The largest absolute Gasteiger partial charge is 0.396 e. The Morgan fingerprint density at radius 2 is 2.06 bits per heavy atom. The van der Waals surface area contributed by atoms with Gasteiger partial charge in [0.25, 0.3) is 0 Å². The molecule has 1 rings (SSSR count). The number of nitrogens with zero attached hydrogens (tertiary/aromatic N) is 1. The smallest absolute Gasteiger partial charge is 0.0837 e. The normalized spacial score (nSPS) is 13.9. The molecule has 0 radical (unpaired) electrons. The van der Waals surface area contributed by atoms with E-state index in [0.717, 1.165) is 18.4 Å². The van der Waals surface area contributed by atoms with E-state index in [4.69, 9.17) is 10.4 Å². The lowest BCUT2D eigenvalue weighted by molar-refractivity contribution is 0.276. The van der Waals surface area contributed by atoms with Crippen molar-refractivity contribution in [2.24, 2.45) is 0 Å². The van der Waals surface area contributed by atoms with E-state index in [0.29, 0.717) is 12.6 Å². The molecule has 0 amide bonds. The van der Waals surface area contributed by atoms with Gasteiger partial charge in [-0.05, 0) is 25.3 Å². The van der Waals surface area contributed by atoms with Crippen molar-refractivity contribution in [2.45, 2.75) is 31.7 Å². The fourth-order valence-corrected chi connectivity index (χ4v) is 1.74. The molecule has 2 N–H and O–H groups in total. The molecule has 0 aromatic heterocycles. The van der Waals surface area contributed by atoms with Crippen molar-refractivity contribution in [2.75, 3.05) is 13.2 Å². The first-order valence-electron chi connectivity index (χ1n) is 6.06. The number of aliphatic hydroxyl groups excluding tert-OH is 1. The molecule has 2 atom stereocenters. The fourth-order valence-electron chi connectivity index (χ4n) is 1.74. The molecule has 0 spiro atoms. The Balaban J connectivity index is 2.41. The van der Waals surface area contributed by atoms with Crippen LogP contribution in [-0.2, 0) is 0 Å². The summed E-state index contributed by atoms with van der Waals surface area (Å²) in [4.78, 5) is 0. The summed E-state index contributed by atoms with van der Waals surface area (Å²) in [6, 6.07) is 12.5. The summed E-state index contributed by atoms with van der Waals surface area (Å²) in [6.45, 7) is 2.97. The van der Waals surface area contributed by atoms with Gasteiger partial charge < -0.3 is 10.4 Å². The second-order valence-corrected chi connectivity index (χ2v) is 4.27. The second kappa shape index (κ2) is 7.83. The number of nitrogens with one attached hydrogen (secondary N) is 1. The Hall–Kier alpha value is -1.37. The SMILES string of the molecule is CC(CCCO)NCC(C#N)c1ccccc1. The van der Waals surface area contributed by atoms with E-state index < -0.39 is 0 Å². The highest BCUT2D eigenvalue weighted by atomic mass is 16.2. The molecule has 0 aliphatic carbocycles. The Morgan fingerprint density at radius 3 is 2.65 bits per heavy atom. The first-order valence-corrected chi connectivity index (χ1v) is 6.06. The van der Waals surface area contributed by atoms with Gasteiger partial charge in [-0.25, -0.2) is 0 Å². The number of nitriles is 1. The predicted molar refractivity (Wildman–Crippen MR) is 68.6 cm³/mol. The van der Waals surface area contributed by atoms with E-state index >= 15 is 0 Å². The van der Waals surface area contributed by atoms with Gasteiger partial charge in [-0.3, -0.25) is 0 Å². The van der Waals surface area contributed by atoms with Crippen molar-refractivity contribution in [3.8, 4) is 6.07 Å². The monoisotopic (exact) mass is 232 g/mol. The van der Waals surface area contributed by atoms with Gasteiger partial charge in [-0.15, -0.1) is 0 Å². The fraction of sp³-hybridized carbons (Fsp3) is 0.500. The van der Waals surface area contributed by atoms with Crippen molar-refractivity contribution in [3.05, 3.63) is 35.9 Å². The third-order valence-corrected chi connectivity index (χ3v) is 2.82. The molecular formula is C14H20N2O. The molecule has 0 aliphatic rings. The summed E-state index contributed by atoms with van der Waals surface area (Å²) in [5, 5.41) is 21.2. The van der Waals surface area contributed by atoms with Crippen LogP contribution in [0.3, 0.4) is 0 Å². The third kappa shape index (κ3) is 4.99. The van der Waals surface area contributed by atoms with Crippen LogP contribution >= 0.6 is 0 Å². The van der Waals surface area contributed by atoms with Gasteiger partial charge in [0.05, 0.1) is 12.0 Å². The number of benzene rings is 1. The van der Waals surface area contributed by atoms with Crippen LogP contribution in [-0.4, -0.2) is 24.3 Å². The van der Waals surface area contributed by atoms with Crippen LogP contribution < -0.4 is 5.32 Å². The van der Waals surface area contributed by atoms with E-state index in [1.54, 1.807) is 0 Å². The van der Waals surface area contributed by atoms with E-state index in [-0.39, 0.29) is 12.5 Å².